The predicted octanol–water partition coefficient (Wildman–Crippen LogP) is 10.8. The summed E-state index contributed by atoms with van der Waals surface area (Å²) in [4.78, 5) is 4.77. The molecule has 0 fully saturated rings. The number of hydrogen-bond acceptors (Lipinski definition) is 4. The molecule has 0 saturated heterocycles. The van der Waals surface area contributed by atoms with Gasteiger partial charge >= 0.3 is 0 Å². The Kier molecular flexibility index (Phi) is 6.74. The molecule has 2 N–H and O–H groups in total. The maximum Gasteiger partial charge on any atom is 0.0995 e. The summed E-state index contributed by atoms with van der Waals surface area (Å²) in [5.74, 6) is 0. The molecule has 0 aliphatic carbocycles. The highest BCUT2D eigenvalue weighted by Gasteiger charge is 2.36. The molecule has 0 amide bonds. The van der Waals surface area contributed by atoms with Crippen molar-refractivity contribution in [1.29, 1.82) is 5.26 Å². The zero-order chi connectivity index (χ0) is 31.4. The first kappa shape index (κ1) is 28.2. The van der Waals surface area contributed by atoms with Crippen LogP contribution in [-0.2, 0) is 18.3 Å². The van der Waals surface area contributed by atoms with Crippen LogP contribution in [0.5, 0.6) is 0 Å². The molecule has 222 valence electrons. The number of benzene rings is 6. The van der Waals surface area contributed by atoms with Gasteiger partial charge in [-0.15, -0.1) is 0 Å². The van der Waals surface area contributed by atoms with Crippen LogP contribution in [0.2, 0.25) is 0 Å². The standard InChI is InChI=1S/C42H33N3S/c1-42(2)36-13-5-7-15-38(36)45(39-16-8-6-14-37(39)42)30-21-19-27-20-22-31-28(26-43)23-29(44)24-35(31)33-12-4-10-18-41(33)46-40-17-9-3-11-32(40)34(27)25-30/h3-19,21,23-25H,20,22,44H2,1-2H3. The molecule has 4 heteroatoms. The van der Waals surface area contributed by atoms with E-state index in [9.17, 15) is 5.26 Å². The highest BCUT2D eigenvalue weighted by molar-refractivity contribution is 7.99. The first-order valence-corrected chi connectivity index (χ1v) is 16.6. The van der Waals surface area contributed by atoms with Crippen molar-refractivity contribution < 1.29 is 0 Å². The third-order valence-corrected chi connectivity index (χ3v) is 10.8. The Morgan fingerprint density at radius 3 is 1.89 bits per heavy atom. The van der Waals surface area contributed by atoms with E-state index < -0.39 is 0 Å². The second kappa shape index (κ2) is 11.0. The Bertz CT molecular complexity index is 2160. The van der Waals surface area contributed by atoms with E-state index in [2.05, 4.69) is 140 Å². The second-order valence-corrected chi connectivity index (χ2v) is 13.7. The predicted molar refractivity (Wildman–Crippen MR) is 191 cm³/mol. The normalized spacial score (nSPS) is 14.2. The number of para-hydroxylation sites is 2. The van der Waals surface area contributed by atoms with Gasteiger partial charge in [0.1, 0.15) is 0 Å². The van der Waals surface area contributed by atoms with Crippen molar-refractivity contribution in [2.45, 2.75) is 41.9 Å². The van der Waals surface area contributed by atoms with Crippen LogP contribution in [0.25, 0.3) is 22.3 Å². The summed E-state index contributed by atoms with van der Waals surface area (Å²) in [5.41, 5.74) is 20.6. The van der Waals surface area contributed by atoms with E-state index in [4.69, 9.17) is 5.73 Å². The fourth-order valence-electron chi connectivity index (χ4n) is 7.36. The monoisotopic (exact) mass is 611 g/mol. The van der Waals surface area contributed by atoms with Gasteiger partial charge in [0, 0.05) is 26.6 Å². The van der Waals surface area contributed by atoms with E-state index in [1.54, 1.807) is 11.8 Å². The summed E-state index contributed by atoms with van der Waals surface area (Å²) < 4.78 is 0. The van der Waals surface area contributed by atoms with E-state index in [0.29, 0.717) is 11.3 Å². The third-order valence-electron chi connectivity index (χ3n) is 9.60. The third kappa shape index (κ3) is 4.50. The molecule has 8 rings (SSSR count). The number of fused-ring (bicyclic) bond motifs is 8. The average molecular weight is 612 g/mol. The van der Waals surface area contributed by atoms with Gasteiger partial charge in [-0.05, 0) is 106 Å². The zero-order valence-corrected chi connectivity index (χ0v) is 26.7. The van der Waals surface area contributed by atoms with Crippen molar-refractivity contribution in [3.63, 3.8) is 0 Å². The van der Waals surface area contributed by atoms with Crippen LogP contribution >= 0.6 is 11.8 Å². The Morgan fingerprint density at radius 2 is 1.24 bits per heavy atom. The van der Waals surface area contributed by atoms with Crippen molar-refractivity contribution in [1.82, 2.24) is 0 Å². The van der Waals surface area contributed by atoms with Gasteiger partial charge < -0.3 is 10.6 Å². The lowest BCUT2D eigenvalue weighted by Gasteiger charge is -2.42. The van der Waals surface area contributed by atoms with Gasteiger partial charge in [0.25, 0.3) is 0 Å². The van der Waals surface area contributed by atoms with Crippen LogP contribution in [0, 0.1) is 11.3 Å². The summed E-state index contributed by atoms with van der Waals surface area (Å²) >= 11 is 1.78. The Balaban J connectivity index is 1.36. The SMILES string of the molecule is CC1(C)c2ccccc2N(c2ccc3c(c2)-c2ccccc2Sc2ccccc2-c2cc(N)cc(C#N)c2CC3)c2ccccc21. The molecule has 2 heterocycles. The molecular formula is C42H33N3S. The molecule has 0 aromatic heterocycles. The van der Waals surface area contributed by atoms with Crippen molar-refractivity contribution in [3.05, 3.63) is 155 Å². The number of anilines is 4. The van der Waals surface area contributed by atoms with Gasteiger partial charge in [0.2, 0.25) is 0 Å². The minimum atomic E-state index is -0.117. The summed E-state index contributed by atoms with van der Waals surface area (Å²) in [6.45, 7) is 4.65. The molecule has 0 saturated carbocycles. The summed E-state index contributed by atoms with van der Waals surface area (Å²) in [6.07, 6.45) is 1.53. The van der Waals surface area contributed by atoms with Gasteiger partial charge in [-0.2, -0.15) is 5.26 Å². The lowest BCUT2D eigenvalue weighted by Crippen LogP contribution is -2.30. The molecule has 2 aliphatic heterocycles. The van der Waals surface area contributed by atoms with E-state index in [1.807, 2.05) is 12.1 Å². The summed E-state index contributed by atoms with van der Waals surface area (Å²) in [7, 11) is 0. The van der Waals surface area contributed by atoms with Crippen LogP contribution in [0.3, 0.4) is 0 Å². The van der Waals surface area contributed by atoms with Crippen molar-refractivity contribution >= 4 is 34.5 Å². The number of aryl methyl sites for hydroxylation is 1. The molecular weight excluding hydrogens is 579 g/mol. The van der Waals surface area contributed by atoms with Gasteiger partial charge in [-0.3, -0.25) is 0 Å². The maximum absolute atomic E-state index is 10.2. The second-order valence-electron chi connectivity index (χ2n) is 12.6. The maximum atomic E-state index is 10.2. The minimum absolute atomic E-state index is 0.117. The molecule has 6 aromatic carbocycles. The van der Waals surface area contributed by atoms with Gasteiger partial charge in [0.15, 0.2) is 0 Å². The Hall–Kier alpha value is -5.24. The number of rotatable bonds is 1. The fraction of sp³-hybridized carbons (Fsp3) is 0.119. The van der Waals surface area contributed by atoms with Crippen LogP contribution in [0.15, 0.2) is 137 Å². The minimum Gasteiger partial charge on any atom is -0.399 e. The molecule has 0 spiro atoms. The first-order valence-electron chi connectivity index (χ1n) is 15.8. The molecule has 0 unspecified atom stereocenters. The average Bonchev–Trinajstić information content (AvgIpc) is 3.10. The molecule has 2 aliphatic rings. The summed E-state index contributed by atoms with van der Waals surface area (Å²) in [6, 6.07) is 48.1. The number of nitrogens with two attached hydrogens (primary N) is 1. The molecule has 46 heavy (non-hydrogen) atoms. The van der Waals surface area contributed by atoms with Crippen LogP contribution in [0.4, 0.5) is 22.7 Å². The lowest BCUT2D eigenvalue weighted by molar-refractivity contribution is 0.632. The van der Waals surface area contributed by atoms with Crippen LogP contribution in [-0.4, -0.2) is 0 Å². The molecule has 0 radical (unpaired) electrons. The van der Waals surface area contributed by atoms with Crippen molar-refractivity contribution in [2.75, 3.05) is 10.6 Å². The lowest BCUT2D eigenvalue weighted by atomic mass is 9.73. The number of nitrogens with zero attached hydrogens (tertiary/aromatic N) is 2. The number of hydrogen-bond donors (Lipinski definition) is 1. The Morgan fingerprint density at radius 1 is 0.652 bits per heavy atom. The van der Waals surface area contributed by atoms with E-state index in [0.717, 1.165) is 40.1 Å². The highest BCUT2D eigenvalue weighted by Crippen LogP contribution is 2.52. The van der Waals surface area contributed by atoms with Crippen LogP contribution in [0.1, 0.15) is 41.7 Å². The van der Waals surface area contributed by atoms with Gasteiger partial charge in [0.05, 0.1) is 23.0 Å². The smallest absolute Gasteiger partial charge is 0.0995 e. The fourth-order valence-corrected chi connectivity index (χ4v) is 8.46. The quantitative estimate of drug-likeness (QED) is 0.188. The number of nitriles is 1. The highest BCUT2D eigenvalue weighted by atomic mass is 32.2. The Labute approximate surface area is 275 Å². The summed E-state index contributed by atoms with van der Waals surface area (Å²) in [5, 5.41) is 10.2. The molecule has 0 atom stereocenters. The topological polar surface area (TPSA) is 53.0 Å². The molecule has 0 bridgehead atoms. The van der Waals surface area contributed by atoms with E-state index in [1.165, 1.54) is 44.1 Å². The van der Waals surface area contributed by atoms with Crippen LogP contribution < -0.4 is 10.6 Å². The van der Waals surface area contributed by atoms with Crippen molar-refractivity contribution in [3.8, 4) is 28.3 Å². The van der Waals surface area contributed by atoms with Crippen molar-refractivity contribution in [2.24, 2.45) is 0 Å². The molecule has 3 nitrogen and oxygen atoms in total. The van der Waals surface area contributed by atoms with E-state index in [-0.39, 0.29) is 5.41 Å². The van der Waals surface area contributed by atoms with Gasteiger partial charge in [-0.25, -0.2) is 0 Å². The van der Waals surface area contributed by atoms with E-state index >= 15 is 0 Å². The number of nitrogen functional groups attached to an aromatic ring is 1. The first-order chi connectivity index (χ1) is 22.4. The largest absolute Gasteiger partial charge is 0.399 e. The zero-order valence-electron chi connectivity index (χ0n) is 25.9. The molecule has 6 aromatic rings. The van der Waals surface area contributed by atoms with Gasteiger partial charge in [-0.1, -0.05) is 104 Å².